The quantitative estimate of drug-likeness (QED) is 0.623. The van der Waals surface area contributed by atoms with E-state index in [1.807, 2.05) is 57.2 Å². The molecule has 0 saturated carbocycles. The molecule has 0 aromatic heterocycles. The molecule has 0 aliphatic carbocycles. The maximum Gasteiger partial charge on any atom is 0.332 e. The van der Waals surface area contributed by atoms with Gasteiger partial charge >= 0.3 is 6.03 Å². The number of amides is 3. The average Bonchev–Trinajstić information content (AvgIpc) is 2.86. The van der Waals surface area contributed by atoms with E-state index in [0.717, 1.165) is 22.3 Å². The fraction of sp³-hybridized carbons (Fsp3) is 0.286. The molecule has 0 radical (unpaired) electrons. The smallest absolute Gasteiger partial charge is 0.294 e. The van der Waals surface area contributed by atoms with E-state index in [0.29, 0.717) is 11.3 Å². The number of imide groups is 1. The van der Waals surface area contributed by atoms with Crippen LogP contribution in [0.15, 0.2) is 36.4 Å². The third kappa shape index (κ3) is 3.01. The zero-order valence-corrected chi connectivity index (χ0v) is 15.5. The number of nitrogens with zero attached hydrogens (tertiary/aromatic N) is 2. The van der Waals surface area contributed by atoms with E-state index in [1.165, 1.54) is 16.7 Å². The molecular formula is C21H22N2O3. The number of benzene rings is 2. The fourth-order valence-corrected chi connectivity index (χ4v) is 3.68. The predicted octanol–water partition coefficient (Wildman–Crippen LogP) is 3.78. The highest BCUT2D eigenvalue weighted by molar-refractivity contribution is 6.12. The standard InChI is InChI=1S/C21H22N2O3/c1-13-10-14(2)20(16(4)24)15(3)18(13)11-23-19(25)12-22(21(23)26)17-8-6-5-7-9-17/h5-10H,11-12H2,1-4H3. The second-order valence-electron chi connectivity index (χ2n) is 6.73. The van der Waals surface area contributed by atoms with Crippen LogP contribution in [-0.2, 0) is 11.3 Å². The predicted molar refractivity (Wildman–Crippen MR) is 100 cm³/mol. The highest BCUT2D eigenvalue weighted by Crippen LogP contribution is 2.27. The number of carbonyl (C=O) groups excluding carboxylic acids is 3. The highest BCUT2D eigenvalue weighted by Gasteiger charge is 2.37. The Morgan fingerprint density at radius 1 is 1.04 bits per heavy atom. The summed E-state index contributed by atoms with van der Waals surface area (Å²) in [6.07, 6.45) is 0. The van der Waals surface area contributed by atoms with Crippen LogP contribution in [0.2, 0.25) is 0 Å². The summed E-state index contributed by atoms with van der Waals surface area (Å²) in [4.78, 5) is 40.0. The lowest BCUT2D eigenvalue weighted by atomic mass is 9.91. The van der Waals surface area contributed by atoms with Crippen molar-refractivity contribution in [2.75, 3.05) is 11.4 Å². The minimum atomic E-state index is -0.329. The number of anilines is 1. The molecule has 3 rings (SSSR count). The zero-order chi connectivity index (χ0) is 19.0. The summed E-state index contributed by atoms with van der Waals surface area (Å²) in [7, 11) is 0. The van der Waals surface area contributed by atoms with Crippen LogP contribution in [0.1, 0.15) is 39.5 Å². The van der Waals surface area contributed by atoms with Crippen molar-refractivity contribution in [1.29, 1.82) is 0 Å². The average molecular weight is 350 g/mol. The van der Waals surface area contributed by atoms with Crippen molar-refractivity contribution in [2.24, 2.45) is 0 Å². The molecule has 1 saturated heterocycles. The van der Waals surface area contributed by atoms with Crippen LogP contribution in [0, 0.1) is 20.8 Å². The summed E-state index contributed by atoms with van der Waals surface area (Å²) in [6, 6.07) is 10.8. The summed E-state index contributed by atoms with van der Waals surface area (Å²) >= 11 is 0. The number of para-hydroxylation sites is 1. The summed E-state index contributed by atoms with van der Waals surface area (Å²) in [6.45, 7) is 7.48. The molecule has 3 amide bonds. The van der Waals surface area contributed by atoms with Crippen LogP contribution in [0.25, 0.3) is 0 Å². The third-order valence-corrected chi connectivity index (χ3v) is 4.92. The molecule has 2 aromatic rings. The lowest BCUT2D eigenvalue weighted by molar-refractivity contribution is -0.125. The maximum atomic E-state index is 12.8. The van der Waals surface area contributed by atoms with Gasteiger partial charge in [-0.1, -0.05) is 24.3 Å². The Kier molecular flexibility index (Phi) is 4.64. The first-order valence-electron chi connectivity index (χ1n) is 8.58. The number of urea groups is 1. The van der Waals surface area contributed by atoms with Gasteiger partial charge in [-0.3, -0.25) is 19.4 Å². The van der Waals surface area contributed by atoms with Crippen LogP contribution >= 0.6 is 0 Å². The highest BCUT2D eigenvalue weighted by atomic mass is 16.2. The largest absolute Gasteiger partial charge is 0.332 e. The molecule has 5 heteroatoms. The lowest BCUT2D eigenvalue weighted by Crippen LogP contribution is -2.33. The number of Topliss-reactive ketones (excluding diaryl/α,β-unsaturated/α-hetero) is 1. The Morgan fingerprint density at radius 2 is 1.69 bits per heavy atom. The van der Waals surface area contributed by atoms with Crippen LogP contribution < -0.4 is 4.90 Å². The van der Waals surface area contributed by atoms with Gasteiger partial charge in [0, 0.05) is 11.3 Å². The molecule has 0 bridgehead atoms. The van der Waals surface area contributed by atoms with Crippen molar-refractivity contribution >= 4 is 23.4 Å². The fourth-order valence-electron chi connectivity index (χ4n) is 3.68. The molecule has 0 N–H and O–H groups in total. The van der Waals surface area contributed by atoms with E-state index in [9.17, 15) is 14.4 Å². The van der Waals surface area contributed by atoms with Crippen LogP contribution in [0.3, 0.4) is 0 Å². The van der Waals surface area contributed by atoms with Gasteiger partial charge in [0.15, 0.2) is 5.78 Å². The van der Waals surface area contributed by atoms with Gasteiger partial charge in [0.1, 0.15) is 6.54 Å². The number of ketones is 1. The molecule has 5 nitrogen and oxygen atoms in total. The Morgan fingerprint density at radius 3 is 2.31 bits per heavy atom. The molecule has 134 valence electrons. The van der Waals surface area contributed by atoms with Crippen molar-refractivity contribution in [3.63, 3.8) is 0 Å². The Labute approximate surface area is 153 Å². The minimum Gasteiger partial charge on any atom is -0.294 e. The first-order chi connectivity index (χ1) is 12.3. The number of carbonyl (C=O) groups is 3. The Bertz CT molecular complexity index is 903. The Hall–Kier alpha value is -2.95. The first-order valence-corrected chi connectivity index (χ1v) is 8.58. The van der Waals surface area contributed by atoms with Gasteiger partial charge in [-0.25, -0.2) is 4.79 Å². The molecule has 1 aliphatic heterocycles. The number of rotatable bonds is 4. The number of aryl methyl sites for hydroxylation is 2. The first kappa shape index (κ1) is 17.9. The van der Waals surface area contributed by atoms with Crippen molar-refractivity contribution < 1.29 is 14.4 Å². The van der Waals surface area contributed by atoms with Gasteiger partial charge in [0.25, 0.3) is 5.91 Å². The molecule has 26 heavy (non-hydrogen) atoms. The summed E-state index contributed by atoms with van der Waals surface area (Å²) in [5.74, 6) is -0.242. The van der Waals surface area contributed by atoms with E-state index < -0.39 is 0 Å². The van der Waals surface area contributed by atoms with Gasteiger partial charge in [-0.2, -0.15) is 0 Å². The van der Waals surface area contributed by atoms with Crippen molar-refractivity contribution in [3.8, 4) is 0 Å². The van der Waals surface area contributed by atoms with Crippen molar-refractivity contribution in [3.05, 3.63) is 64.2 Å². The number of hydrogen-bond donors (Lipinski definition) is 0. The van der Waals surface area contributed by atoms with Gasteiger partial charge in [0.05, 0.1) is 6.54 Å². The summed E-state index contributed by atoms with van der Waals surface area (Å²) < 4.78 is 0. The Balaban J connectivity index is 1.95. The zero-order valence-electron chi connectivity index (χ0n) is 15.5. The third-order valence-electron chi connectivity index (χ3n) is 4.92. The molecule has 2 aromatic carbocycles. The molecule has 1 aliphatic rings. The molecule has 0 atom stereocenters. The SMILES string of the molecule is CC(=O)c1c(C)cc(C)c(CN2C(=O)CN(c3ccccc3)C2=O)c1C. The topological polar surface area (TPSA) is 57.7 Å². The van der Waals surface area contributed by atoms with E-state index >= 15 is 0 Å². The maximum absolute atomic E-state index is 12.8. The van der Waals surface area contributed by atoms with E-state index in [2.05, 4.69) is 0 Å². The lowest BCUT2D eigenvalue weighted by Gasteiger charge is -2.21. The van der Waals surface area contributed by atoms with Gasteiger partial charge in [-0.05, 0) is 62.1 Å². The second kappa shape index (κ2) is 6.75. The van der Waals surface area contributed by atoms with Gasteiger partial charge in [-0.15, -0.1) is 0 Å². The molecule has 1 fully saturated rings. The van der Waals surface area contributed by atoms with Crippen molar-refractivity contribution in [1.82, 2.24) is 4.90 Å². The van der Waals surface area contributed by atoms with E-state index in [1.54, 1.807) is 0 Å². The molecule has 0 unspecified atom stereocenters. The summed E-state index contributed by atoms with van der Waals surface area (Å²) in [5, 5.41) is 0. The molecule has 1 heterocycles. The van der Waals surface area contributed by atoms with Crippen LogP contribution in [-0.4, -0.2) is 29.2 Å². The minimum absolute atomic E-state index is 0.00811. The van der Waals surface area contributed by atoms with Crippen LogP contribution in [0.5, 0.6) is 0 Å². The van der Waals surface area contributed by atoms with E-state index in [-0.39, 0.29) is 30.8 Å². The van der Waals surface area contributed by atoms with Gasteiger partial charge in [0.2, 0.25) is 0 Å². The molecule has 0 spiro atoms. The monoisotopic (exact) mass is 350 g/mol. The summed E-state index contributed by atoms with van der Waals surface area (Å²) in [5.41, 5.74) is 4.97. The van der Waals surface area contributed by atoms with Crippen molar-refractivity contribution in [2.45, 2.75) is 34.2 Å². The second-order valence-corrected chi connectivity index (χ2v) is 6.73. The number of hydrogen-bond acceptors (Lipinski definition) is 3. The van der Waals surface area contributed by atoms with E-state index in [4.69, 9.17) is 0 Å². The van der Waals surface area contributed by atoms with Gasteiger partial charge < -0.3 is 0 Å². The van der Waals surface area contributed by atoms with Crippen LogP contribution in [0.4, 0.5) is 10.5 Å². The molecular weight excluding hydrogens is 328 g/mol. The normalized spacial score (nSPS) is 14.3.